The summed E-state index contributed by atoms with van der Waals surface area (Å²) in [5.41, 5.74) is 0. The maximum Gasteiger partial charge on any atom is 1.00 e. The predicted molar refractivity (Wildman–Crippen MR) is 117 cm³/mol. The van der Waals surface area contributed by atoms with E-state index in [0.717, 1.165) is 12.7 Å². The maximum atomic E-state index is 10.1. The molecule has 0 aromatic heterocycles. The smallest absolute Gasteiger partial charge is 0.716 e. The molecule has 0 aliphatic heterocycles. The van der Waals surface area contributed by atoms with Crippen molar-refractivity contribution in [3.63, 3.8) is 0 Å². The Balaban J connectivity index is 0. The number of hydrogen-bond acceptors (Lipinski definition) is 4. The number of unbranched alkanes of at least 4 members (excludes halogenated alkanes) is 1. The van der Waals surface area contributed by atoms with Crippen LogP contribution in [-0.4, -0.2) is 13.0 Å². The molecule has 0 bridgehead atoms. The summed E-state index contributed by atoms with van der Waals surface area (Å²) in [5, 5.41) is 0. The average molecular weight is 423 g/mol. The van der Waals surface area contributed by atoms with Gasteiger partial charge >= 0.3 is 29.6 Å². The molecule has 0 heterocycles. The first-order chi connectivity index (χ1) is 13.6. The molecule has 0 N–H and O–H groups in total. The van der Waals surface area contributed by atoms with Gasteiger partial charge in [-0.2, -0.15) is 0 Å². The molecule has 4 nitrogen and oxygen atoms in total. The first kappa shape index (κ1) is 29.3. The third-order valence-corrected chi connectivity index (χ3v) is 3.08. The largest absolute Gasteiger partial charge is 1.00 e. The minimum Gasteiger partial charge on any atom is -0.716 e. The third kappa shape index (κ3) is 28.4. The number of rotatable bonds is 13. The molecule has 0 saturated heterocycles. The van der Waals surface area contributed by atoms with E-state index in [2.05, 4.69) is 23.3 Å². The second-order valence-corrected chi connectivity index (χ2v) is 6.14. The van der Waals surface area contributed by atoms with Gasteiger partial charge in [-0.15, -0.1) is 0 Å². The quantitative estimate of drug-likeness (QED) is 0.151. The second kappa shape index (κ2) is 22.4. The minimum absolute atomic E-state index is 0. The summed E-state index contributed by atoms with van der Waals surface area (Å²) in [6.45, 7) is 2.16. The zero-order chi connectivity index (χ0) is 20.8. The molecule has 0 fully saturated rings. The van der Waals surface area contributed by atoms with Crippen LogP contribution in [0.3, 0.4) is 0 Å². The van der Waals surface area contributed by atoms with Crippen LogP contribution in [0.5, 0.6) is 0 Å². The first-order valence-electron chi connectivity index (χ1n) is 8.85. The molecule has 0 spiro atoms. The molecule has 6 heteroatoms. The van der Waals surface area contributed by atoms with Crippen molar-refractivity contribution < 1.29 is 46.7 Å². The molecular weight excluding hydrogens is 395 g/mol. The SMILES string of the molecule is CCC/C=C/C=C/C=C/C=C/C=C/C=C/C=C/C=C/C=C/C=C/OS(=O)(=O)[O-].[Na+]. The van der Waals surface area contributed by atoms with Crippen molar-refractivity contribution in [2.24, 2.45) is 0 Å². The summed E-state index contributed by atoms with van der Waals surface area (Å²) in [6.07, 6.45) is 38.6. The fourth-order valence-corrected chi connectivity index (χ4v) is 1.71. The number of allylic oxidation sites excluding steroid dienone is 19. The van der Waals surface area contributed by atoms with Gasteiger partial charge in [-0.05, 0) is 12.5 Å². The van der Waals surface area contributed by atoms with Crippen LogP contribution in [0.25, 0.3) is 0 Å². The van der Waals surface area contributed by atoms with E-state index in [-0.39, 0.29) is 29.6 Å². The van der Waals surface area contributed by atoms with E-state index in [1.165, 1.54) is 18.6 Å². The van der Waals surface area contributed by atoms with Gasteiger partial charge < -0.3 is 8.74 Å². The maximum absolute atomic E-state index is 10.1. The molecule has 150 valence electrons. The third-order valence-electron chi connectivity index (χ3n) is 2.73. The zero-order valence-corrected chi connectivity index (χ0v) is 19.8. The zero-order valence-electron chi connectivity index (χ0n) is 17.0. The molecule has 0 aromatic rings. The van der Waals surface area contributed by atoms with Crippen molar-refractivity contribution >= 4 is 10.4 Å². The first-order valence-corrected chi connectivity index (χ1v) is 10.2. The molecule has 0 unspecified atom stereocenters. The van der Waals surface area contributed by atoms with Gasteiger partial charge in [0, 0.05) is 0 Å². The van der Waals surface area contributed by atoms with E-state index in [1.807, 2.05) is 72.9 Å². The molecule has 0 aromatic carbocycles. The van der Waals surface area contributed by atoms with E-state index >= 15 is 0 Å². The Kier molecular flexibility index (Phi) is 22.6. The van der Waals surface area contributed by atoms with Crippen molar-refractivity contribution in [3.05, 3.63) is 122 Å². The molecule has 0 aliphatic carbocycles. The van der Waals surface area contributed by atoms with Gasteiger partial charge in [0.25, 0.3) is 10.4 Å². The van der Waals surface area contributed by atoms with Crippen LogP contribution in [0.2, 0.25) is 0 Å². The van der Waals surface area contributed by atoms with Crippen LogP contribution >= 0.6 is 0 Å². The van der Waals surface area contributed by atoms with Crippen molar-refractivity contribution in [2.75, 3.05) is 0 Å². The van der Waals surface area contributed by atoms with Crippen LogP contribution in [0, 0.1) is 0 Å². The van der Waals surface area contributed by atoms with Gasteiger partial charge in [-0.1, -0.05) is 123 Å². The Labute approximate surface area is 197 Å². The Hall–Kier alpha value is -1.89. The van der Waals surface area contributed by atoms with Crippen LogP contribution < -0.4 is 29.6 Å². The number of hydrogen-bond donors (Lipinski definition) is 0. The summed E-state index contributed by atoms with van der Waals surface area (Å²) in [6, 6.07) is 0. The minimum atomic E-state index is -4.68. The Morgan fingerprint density at radius 3 is 1.24 bits per heavy atom. The van der Waals surface area contributed by atoms with Crippen molar-refractivity contribution in [3.8, 4) is 0 Å². The summed E-state index contributed by atoms with van der Waals surface area (Å²) in [5.74, 6) is 0. The summed E-state index contributed by atoms with van der Waals surface area (Å²) < 4.78 is 34.3. The summed E-state index contributed by atoms with van der Waals surface area (Å²) >= 11 is 0. The molecule has 0 radical (unpaired) electrons. The molecule has 0 saturated carbocycles. The van der Waals surface area contributed by atoms with E-state index in [0.29, 0.717) is 0 Å². The molecule has 0 amide bonds. The van der Waals surface area contributed by atoms with Gasteiger partial charge in [0.2, 0.25) is 0 Å². The monoisotopic (exact) mass is 422 g/mol. The molecule has 0 atom stereocenters. The average Bonchev–Trinajstić information content (AvgIpc) is 2.65. The van der Waals surface area contributed by atoms with Crippen LogP contribution in [0.4, 0.5) is 0 Å². The molecule has 29 heavy (non-hydrogen) atoms. The van der Waals surface area contributed by atoms with Crippen molar-refractivity contribution in [1.82, 2.24) is 0 Å². The second-order valence-electron chi connectivity index (χ2n) is 5.13. The predicted octanol–water partition coefficient (Wildman–Crippen LogP) is 2.79. The van der Waals surface area contributed by atoms with Crippen LogP contribution in [-0.2, 0) is 14.6 Å². The summed E-state index contributed by atoms with van der Waals surface area (Å²) in [7, 11) is -4.68. The summed E-state index contributed by atoms with van der Waals surface area (Å²) in [4.78, 5) is 0. The van der Waals surface area contributed by atoms with Gasteiger partial charge in [0.05, 0.1) is 0 Å². The van der Waals surface area contributed by atoms with E-state index in [9.17, 15) is 13.0 Å². The van der Waals surface area contributed by atoms with E-state index in [1.54, 1.807) is 18.2 Å². The van der Waals surface area contributed by atoms with E-state index < -0.39 is 10.4 Å². The fraction of sp³-hybridized carbons (Fsp3) is 0.130. The fourth-order valence-electron chi connectivity index (χ4n) is 1.51. The topological polar surface area (TPSA) is 66.4 Å². The Morgan fingerprint density at radius 1 is 0.621 bits per heavy atom. The molecular formula is C23H27NaO4S. The van der Waals surface area contributed by atoms with Crippen molar-refractivity contribution in [1.29, 1.82) is 0 Å². The molecule has 0 rings (SSSR count). The van der Waals surface area contributed by atoms with Gasteiger partial charge in [-0.25, -0.2) is 8.42 Å². The standard InChI is InChI=1S/C23H28O4S.Na/c1-2-3-4-5-6-7-8-9-10-11-12-13-14-15-16-17-18-19-20-21-22-23-27-28(24,25)26;/h4-23H,2-3H2,1H3,(H,24,25,26);/q;+1/p-1/b5-4+,7-6+,9-8+,11-10+,13-12+,15-14+,17-16+,19-18+,21-20+,23-22+;. The molecule has 0 aliphatic rings. The van der Waals surface area contributed by atoms with Gasteiger partial charge in [0.15, 0.2) is 0 Å². The van der Waals surface area contributed by atoms with Crippen molar-refractivity contribution in [2.45, 2.75) is 19.8 Å². The Morgan fingerprint density at radius 2 is 0.931 bits per heavy atom. The van der Waals surface area contributed by atoms with Crippen LogP contribution in [0.15, 0.2) is 122 Å². The Bertz CT molecular complexity index is 791. The van der Waals surface area contributed by atoms with Crippen LogP contribution in [0.1, 0.15) is 19.8 Å². The van der Waals surface area contributed by atoms with E-state index in [4.69, 9.17) is 0 Å². The van der Waals surface area contributed by atoms with Gasteiger partial charge in [-0.3, -0.25) is 0 Å². The van der Waals surface area contributed by atoms with Gasteiger partial charge in [0.1, 0.15) is 6.26 Å². The normalized spacial score (nSPS) is 14.1.